The van der Waals surface area contributed by atoms with Crippen LogP contribution < -0.4 is 10.1 Å². The van der Waals surface area contributed by atoms with Crippen LogP contribution in [-0.4, -0.2) is 24.1 Å². The zero-order valence-corrected chi connectivity index (χ0v) is 27.5. The maximum absolute atomic E-state index is 13.7. The van der Waals surface area contributed by atoms with Crippen LogP contribution in [-0.2, 0) is 19.1 Å². The average Bonchev–Trinajstić information content (AvgIpc) is 2.82. The van der Waals surface area contributed by atoms with Crippen LogP contribution in [0.4, 0.5) is 5.69 Å². The number of halogens is 2. The number of amides is 1. The maximum Gasteiger partial charge on any atom is 0.262 e. The summed E-state index contributed by atoms with van der Waals surface area (Å²) in [4.78, 5) is 40.5. The number of allylic oxidation sites excluding steroid dienone is 4. The molecule has 1 amide bonds. The fourth-order valence-electron chi connectivity index (χ4n) is 6.21. The Balaban J connectivity index is 1.57. The second kappa shape index (κ2) is 10.8. The molecule has 0 saturated carbocycles. The summed E-state index contributed by atoms with van der Waals surface area (Å²) in [6, 6.07) is 9.54. The van der Waals surface area contributed by atoms with Gasteiger partial charge < -0.3 is 14.8 Å². The van der Waals surface area contributed by atoms with Crippen LogP contribution in [0.5, 0.6) is 5.75 Å². The lowest BCUT2D eigenvalue weighted by atomic mass is 9.65. The topological polar surface area (TPSA) is 81.7 Å². The summed E-state index contributed by atoms with van der Waals surface area (Å²) in [6.07, 6.45) is 1.91. The summed E-state index contributed by atoms with van der Waals surface area (Å²) < 4.78 is 14.0. The van der Waals surface area contributed by atoms with E-state index >= 15 is 0 Å². The average molecular weight is 685 g/mol. The lowest BCUT2D eigenvalue weighted by Gasteiger charge is -2.43. The van der Waals surface area contributed by atoms with Crippen LogP contribution in [0.3, 0.4) is 0 Å². The number of anilines is 1. The minimum absolute atomic E-state index is 0.0277. The molecule has 0 aromatic heterocycles. The number of benzene rings is 2. The first-order valence-electron chi connectivity index (χ1n) is 13.8. The first-order valence-corrected chi connectivity index (χ1v) is 15.4. The third-order valence-corrected chi connectivity index (χ3v) is 8.98. The number of ether oxygens (including phenoxy) is 2. The zero-order valence-electron chi connectivity index (χ0n) is 24.3. The standard InChI is InChI=1S/C33H35Br2NO5/c1-17-7-8-22(18(2)9-17)36-27(39)16-40-31-20(10-19(34)11-21(31)35)28-29-23(37)12-32(3,4)14-25(29)41-26-15-33(5,6)13-24(38)30(26)28/h7-11,28H,12-16H2,1-6H3,(H,36,39). The van der Waals surface area contributed by atoms with E-state index in [1.54, 1.807) is 0 Å². The van der Waals surface area contributed by atoms with Crippen molar-refractivity contribution < 1.29 is 23.9 Å². The number of rotatable bonds is 5. The van der Waals surface area contributed by atoms with Gasteiger partial charge in [-0.05, 0) is 64.4 Å². The second-order valence-corrected chi connectivity index (χ2v) is 14.8. The number of nitrogens with one attached hydrogen (secondary N) is 1. The van der Waals surface area contributed by atoms with E-state index in [2.05, 4.69) is 64.9 Å². The second-order valence-electron chi connectivity index (χ2n) is 13.1. The van der Waals surface area contributed by atoms with E-state index in [4.69, 9.17) is 9.47 Å². The van der Waals surface area contributed by atoms with E-state index < -0.39 is 5.92 Å². The minimum atomic E-state index is -0.646. The van der Waals surface area contributed by atoms with Crippen molar-refractivity contribution in [3.8, 4) is 5.75 Å². The van der Waals surface area contributed by atoms with Gasteiger partial charge in [-0.1, -0.05) is 61.3 Å². The normalized spacial score (nSPS) is 19.9. The van der Waals surface area contributed by atoms with Gasteiger partial charge in [-0.3, -0.25) is 14.4 Å². The molecule has 3 aliphatic rings. The number of carbonyl (C=O) groups is 3. The number of hydrogen-bond acceptors (Lipinski definition) is 5. The van der Waals surface area contributed by atoms with Gasteiger partial charge in [0, 0.05) is 52.6 Å². The highest BCUT2D eigenvalue weighted by Crippen LogP contribution is 2.55. The first-order chi connectivity index (χ1) is 19.1. The molecule has 1 N–H and O–H groups in total. The molecule has 6 nitrogen and oxygen atoms in total. The Kier molecular flexibility index (Phi) is 7.88. The van der Waals surface area contributed by atoms with Gasteiger partial charge in [-0.15, -0.1) is 0 Å². The predicted molar refractivity (Wildman–Crippen MR) is 166 cm³/mol. The lowest BCUT2D eigenvalue weighted by Crippen LogP contribution is -2.37. The fourth-order valence-corrected chi connectivity index (χ4v) is 7.58. The number of Topliss-reactive ketones (excluding diaryl/α,β-unsaturated/α-hetero) is 2. The van der Waals surface area contributed by atoms with Crippen molar-refractivity contribution in [3.63, 3.8) is 0 Å². The molecule has 0 spiro atoms. The van der Waals surface area contributed by atoms with Crippen LogP contribution in [0.15, 0.2) is 61.9 Å². The van der Waals surface area contributed by atoms with Gasteiger partial charge >= 0.3 is 0 Å². The molecule has 1 heterocycles. The van der Waals surface area contributed by atoms with Crippen LogP contribution in [0.25, 0.3) is 0 Å². The Morgan fingerprint density at radius 3 is 2.07 bits per heavy atom. The van der Waals surface area contributed by atoms with Gasteiger partial charge in [-0.25, -0.2) is 0 Å². The van der Waals surface area contributed by atoms with Crippen molar-refractivity contribution in [2.45, 2.75) is 73.1 Å². The summed E-state index contributed by atoms with van der Waals surface area (Å²) in [5, 5.41) is 2.92. The largest absolute Gasteiger partial charge is 0.482 e. The highest BCUT2D eigenvalue weighted by atomic mass is 79.9. The van der Waals surface area contributed by atoms with Gasteiger partial charge in [0.1, 0.15) is 17.3 Å². The summed E-state index contributed by atoms with van der Waals surface area (Å²) >= 11 is 7.22. The molecule has 0 atom stereocenters. The highest BCUT2D eigenvalue weighted by Gasteiger charge is 2.48. The monoisotopic (exact) mass is 683 g/mol. The van der Waals surface area contributed by atoms with Crippen LogP contribution in [0.1, 0.15) is 76.0 Å². The molecule has 41 heavy (non-hydrogen) atoms. The smallest absolute Gasteiger partial charge is 0.262 e. The molecule has 0 bridgehead atoms. The minimum Gasteiger partial charge on any atom is -0.482 e. The Labute approximate surface area is 258 Å². The Morgan fingerprint density at radius 1 is 0.927 bits per heavy atom. The van der Waals surface area contributed by atoms with E-state index in [0.717, 1.165) is 21.3 Å². The molecule has 1 aliphatic heterocycles. The SMILES string of the molecule is Cc1ccc(NC(=O)COc2c(Br)cc(Br)cc2C2C3=C(CC(C)(C)CC3=O)OC3=C2C(=O)CC(C)(C)C3)c(C)c1. The van der Waals surface area contributed by atoms with Crippen molar-refractivity contribution in [2.75, 3.05) is 11.9 Å². The molecule has 2 aromatic rings. The molecule has 0 fully saturated rings. The molecule has 5 rings (SSSR count). The van der Waals surface area contributed by atoms with Crippen LogP contribution in [0.2, 0.25) is 0 Å². The number of ketones is 2. The Morgan fingerprint density at radius 2 is 1.51 bits per heavy atom. The van der Waals surface area contributed by atoms with Gasteiger partial charge in [0.15, 0.2) is 18.2 Å². The maximum atomic E-state index is 13.7. The Hall–Kier alpha value is -2.71. The molecule has 0 saturated heterocycles. The highest BCUT2D eigenvalue weighted by molar-refractivity contribution is 9.11. The fraction of sp³-hybridized carbons (Fsp3) is 0.424. The molecule has 0 radical (unpaired) electrons. The summed E-state index contributed by atoms with van der Waals surface area (Å²) in [7, 11) is 0. The van der Waals surface area contributed by atoms with Crippen LogP contribution in [0, 0.1) is 24.7 Å². The molecule has 0 unspecified atom stereocenters. The number of aryl methyl sites for hydroxylation is 2. The van der Waals surface area contributed by atoms with E-state index in [-0.39, 0.29) is 34.9 Å². The van der Waals surface area contributed by atoms with Crippen molar-refractivity contribution in [1.82, 2.24) is 0 Å². The number of carbonyl (C=O) groups excluding carboxylic acids is 3. The van der Waals surface area contributed by atoms with Crippen molar-refractivity contribution in [2.24, 2.45) is 10.8 Å². The molecule has 2 aromatic carbocycles. The van der Waals surface area contributed by atoms with E-state index in [1.165, 1.54) is 0 Å². The van der Waals surface area contributed by atoms with Crippen molar-refractivity contribution >= 4 is 55.0 Å². The van der Waals surface area contributed by atoms with E-state index in [9.17, 15) is 14.4 Å². The van der Waals surface area contributed by atoms with E-state index in [1.807, 2.05) is 44.2 Å². The molecule has 2 aliphatic carbocycles. The first kappa shape index (κ1) is 29.8. The summed E-state index contributed by atoms with van der Waals surface area (Å²) in [5.41, 5.74) is 3.97. The molecular weight excluding hydrogens is 650 g/mol. The molecule has 8 heteroatoms. The summed E-state index contributed by atoms with van der Waals surface area (Å²) in [6.45, 7) is 11.9. The third kappa shape index (κ3) is 6.09. The summed E-state index contributed by atoms with van der Waals surface area (Å²) in [5.74, 6) is 0.679. The number of hydrogen-bond donors (Lipinski definition) is 1. The van der Waals surface area contributed by atoms with Gasteiger partial charge in [0.2, 0.25) is 0 Å². The Bertz CT molecular complexity index is 1500. The van der Waals surface area contributed by atoms with E-state index in [0.29, 0.717) is 64.1 Å². The van der Waals surface area contributed by atoms with Gasteiger partial charge in [0.25, 0.3) is 5.91 Å². The zero-order chi connectivity index (χ0) is 29.9. The third-order valence-electron chi connectivity index (χ3n) is 7.93. The molecular formula is C33H35Br2NO5. The quantitative estimate of drug-likeness (QED) is 0.343. The predicted octanol–water partition coefficient (Wildman–Crippen LogP) is 8.25. The van der Waals surface area contributed by atoms with Crippen LogP contribution >= 0.6 is 31.9 Å². The lowest BCUT2D eigenvalue weighted by molar-refractivity contribution is -0.121. The van der Waals surface area contributed by atoms with Crippen molar-refractivity contribution in [3.05, 3.63) is 78.6 Å². The molecule has 216 valence electrons. The van der Waals surface area contributed by atoms with Gasteiger partial charge in [0.05, 0.1) is 10.4 Å². The van der Waals surface area contributed by atoms with Gasteiger partial charge in [-0.2, -0.15) is 0 Å². The van der Waals surface area contributed by atoms with Crippen molar-refractivity contribution in [1.29, 1.82) is 0 Å².